The number of carbonyl (C=O) groups excluding carboxylic acids is 1. The molecule has 2 rings (SSSR count). The Balaban J connectivity index is 2.07. The number of hydrogen-bond acceptors (Lipinski definition) is 3. The summed E-state index contributed by atoms with van der Waals surface area (Å²) in [6.45, 7) is 0.152. The van der Waals surface area contributed by atoms with Crippen LogP contribution in [0.1, 0.15) is 41.6 Å². The zero-order valence-electron chi connectivity index (χ0n) is 12.7. The Morgan fingerprint density at radius 3 is 2.52 bits per heavy atom. The van der Waals surface area contributed by atoms with Gasteiger partial charge in [0.05, 0.1) is 29.9 Å². The molecule has 0 radical (unpaired) electrons. The number of amides is 1. The van der Waals surface area contributed by atoms with Gasteiger partial charge in [-0.2, -0.15) is 13.2 Å². The Morgan fingerprint density at radius 2 is 1.91 bits per heavy atom. The van der Waals surface area contributed by atoms with E-state index in [1.165, 1.54) is 12.1 Å². The normalized spacial score (nSPS) is 17.2. The summed E-state index contributed by atoms with van der Waals surface area (Å²) < 4.78 is 44.5. The second-order valence-corrected chi connectivity index (χ2v) is 5.69. The highest BCUT2D eigenvalue weighted by Crippen LogP contribution is 2.34. The Morgan fingerprint density at radius 1 is 1.26 bits per heavy atom. The first-order valence-corrected chi connectivity index (χ1v) is 7.57. The van der Waals surface area contributed by atoms with Crippen LogP contribution in [0, 0.1) is 0 Å². The van der Waals surface area contributed by atoms with Crippen molar-refractivity contribution in [1.29, 1.82) is 0 Å². The summed E-state index contributed by atoms with van der Waals surface area (Å²) in [5.41, 5.74) is -1.93. The molecule has 23 heavy (non-hydrogen) atoms. The van der Waals surface area contributed by atoms with E-state index in [4.69, 9.17) is 9.84 Å². The first kappa shape index (κ1) is 17.7. The molecular formula is C16H20F3NO3. The van der Waals surface area contributed by atoms with Crippen LogP contribution in [0.4, 0.5) is 13.2 Å². The third-order valence-electron chi connectivity index (χ3n) is 4.06. The SMILES string of the molecule is O=C(NCC1(OCCO)CCCC1)c1ccccc1C(F)(F)F. The number of nitrogens with one attached hydrogen (secondary N) is 1. The molecule has 0 aliphatic heterocycles. The van der Waals surface area contributed by atoms with E-state index in [1.807, 2.05) is 0 Å². The van der Waals surface area contributed by atoms with Crippen LogP contribution in [-0.2, 0) is 10.9 Å². The number of rotatable bonds is 6. The molecular weight excluding hydrogens is 311 g/mol. The maximum absolute atomic E-state index is 13.0. The molecule has 7 heteroatoms. The van der Waals surface area contributed by atoms with Gasteiger partial charge in [0.25, 0.3) is 5.91 Å². The third kappa shape index (κ3) is 4.45. The predicted octanol–water partition coefficient (Wildman–Crippen LogP) is 2.76. The van der Waals surface area contributed by atoms with Crippen molar-refractivity contribution >= 4 is 5.91 Å². The van der Waals surface area contributed by atoms with Crippen molar-refractivity contribution in [2.24, 2.45) is 0 Å². The quantitative estimate of drug-likeness (QED) is 0.843. The molecule has 1 aromatic carbocycles. The number of halogens is 3. The lowest BCUT2D eigenvalue weighted by molar-refractivity contribution is -0.137. The molecule has 0 unspecified atom stereocenters. The number of ether oxygens (including phenoxy) is 1. The van der Waals surface area contributed by atoms with Gasteiger partial charge >= 0.3 is 6.18 Å². The van der Waals surface area contributed by atoms with Crippen LogP contribution in [0.25, 0.3) is 0 Å². The number of hydrogen-bond donors (Lipinski definition) is 2. The summed E-state index contributed by atoms with van der Waals surface area (Å²) in [5, 5.41) is 11.4. The average molecular weight is 331 g/mol. The Labute approximate surface area is 132 Å². The Kier molecular flexibility index (Phi) is 5.64. The molecule has 0 bridgehead atoms. The Bertz CT molecular complexity index is 540. The van der Waals surface area contributed by atoms with Gasteiger partial charge in [-0.3, -0.25) is 4.79 Å². The van der Waals surface area contributed by atoms with Crippen LogP contribution in [0.2, 0.25) is 0 Å². The average Bonchev–Trinajstić information content (AvgIpc) is 2.99. The highest BCUT2D eigenvalue weighted by atomic mass is 19.4. The predicted molar refractivity (Wildman–Crippen MR) is 78.0 cm³/mol. The van der Waals surface area contributed by atoms with E-state index in [9.17, 15) is 18.0 Å². The number of aliphatic hydroxyl groups is 1. The summed E-state index contributed by atoms with van der Waals surface area (Å²) >= 11 is 0. The molecule has 1 aliphatic carbocycles. The van der Waals surface area contributed by atoms with Gasteiger partial charge in [-0.1, -0.05) is 25.0 Å². The minimum Gasteiger partial charge on any atom is -0.394 e. The fourth-order valence-corrected chi connectivity index (χ4v) is 2.92. The van der Waals surface area contributed by atoms with Crippen LogP contribution in [0.5, 0.6) is 0 Å². The molecule has 1 fully saturated rings. The lowest BCUT2D eigenvalue weighted by Crippen LogP contribution is -2.44. The lowest BCUT2D eigenvalue weighted by Gasteiger charge is -2.29. The van der Waals surface area contributed by atoms with Crippen molar-refractivity contribution in [3.63, 3.8) is 0 Å². The highest BCUT2D eigenvalue weighted by Gasteiger charge is 2.37. The van der Waals surface area contributed by atoms with E-state index in [-0.39, 0.29) is 19.8 Å². The molecule has 1 saturated carbocycles. The molecule has 1 aromatic rings. The van der Waals surface area contributed by atoms with Crippen LogP contribution in [-0.4, -0.2) is 36.4 Å². The molecule has 0 saturated heterocycles. The van der Waals surface area contributed by atoms with E-state index < -0.39 is 28.8 Å². The molecule has 128 valence electrons. The zero-order chi connectivity index (χ0) is 16.9. The van der Waals surface area contributed by atoms with Gasteiger partial charge in [-0.05, 0) is 25.0 Å². The van der Waals surface area contributed by atoms with E-state index in [1.54, 1.807) is 0 Å². The largest absolute Gasteiger partial charge is 0.417 e. The maximum Gasteiger partial charge on any atom is 0.417 e. The Hall–Kier alpha value is -1.60. The molecule has 2 N–H and O–H groups in total. The molecule has 1 aliphatic rings. The minimum atomic E-state index is -4.58. The van der Waals surface area contributed by atoms with Crippen molar-refractivity contribution in [1.82, 2.24) is 5.32 Å². The molecule has 4 nitrogen and oxygen atoms in total. The van der Waals surface area contributed by atoms with Gasteiger partial charge < -0.3 is 15.2 Å². The summed E-state index contributed by atoms with van der Waals surface area (Å²) in [6, 6.07) is 4.71. The first-order valence-electron chi connectivity index (χ1n) is 7.57. The fourth-order valence-electron chi connectivity index (χ4n) is 2.92. The number of carbonyl (C=O) groups is 1. The first-order chi connectivity index (χ1) is 10.9. The maximum atomic E-state index is 13.0. The highest BCUT2D eigenvalue weighted by molar-refractivity contribution is 5.95. The van der Waals surface area contributed by atoms with Gasteiger partial charge in [0.15, 0.2) is 0 Å². The summed E-state index contributed by atoms with van der Waals surface area (Å²) in [5.74, 6) is -0.767. The smallest absolute Gasteiger partial charge is 0.394 e. The van der Waals surface area contributed by atoms with Crippen LogP contribution in [0.15, 0.2) is 24.3 Å². The summed E-state index contributed by atoms with van der Waals surface area (Å²) in [4.78, 5) is 12.2. The van der Waals surface area contributed by atoms with Crippen molar-refractivity contribution < 1.29 is 27.8 Å². The summed E-state index contributed by atoms with van der Waals surface area (Å²) in [6.07, 6.45) is -1.28. The van der Waals surface area contributed by atoms with Crippen molar-refractivity contribution in [2.75, 3.05) is 19.8 Å². The number of aliphatic hydroxyl groups excluding tert-OH is 1. The van der Waals surface area contributed by atoms with Crippen molar-refractivity contribution in [3.8, 4) is 0 Å². The van der Waals surface area contributed by atoms with Gasteiger partial charge in [-0.25, -0.2) is 0 Å². The van der Waals surface area contributed by atoms with Gasteiger partial charge in [0, 0.05) is 6.54 Å². The van der Waals surface area contributed by atoms with Gasteiger partial charge in [-0.15, -0.1) is 0 Å². The molecule has 0 spiro atoms. The topological polar surface area (TPSA) is 58.6 Å². The van der Waals surface area contributed by atoms with E-state index in [2.05, 4.69) is 5.32 Å². The lowest BCUT2D eigenvalue weighted by atomic mass is 10.0. The zero-order valence-corrected chi connectivity index (χ0v) is 12.7. The van der Waals surface area contributed by atoms with Crippen molar-refractivity contribution in [3.05, 3.63) is 35.4 Å². The molecule has 1 amide bonds. The van der Waals surface area contributed by atoms with E-state index in [0.717, 1.165) is 25.0 Å². The molecule has 0 heterocycles. The monoisotopic (exact) mass is 331 g/mol. The van der Waals surface area contributed by atoms with Crippen molar-refractivity contribution in [2.45, 2.75) is 37.5 Å². The second-order valence-electron chi connectivity index (χ2n) is 5.69. The number of benzene rings is 1. The van der Waals surface area contributed by atoms with Gasteiger partial charge in [0.1, 0.15) is 0 Å². The third-order valence-corrected chi connectivity index (χ3v) is 4.06. The van der Waals surface area contributed by atoms with Crippen LogP contribution < -0.4 is 5.32 Å². The van der Waals surface area contributed by atoms with Crippen LogP contribution >= 0.6 is 0 Å². The van der Waals surface area contributed by atoms with E-state index in [0.29, 0.717) is 12.8 Å². The summed E-state index contributed by atoms with van der Waals surface area (Å²) in [7, 11) is 0. The fraction of sp³-hybridized carbons (Fsp3) is 0.562. The van der Waals surface area contributed by atoms with E-state index >= 15 is 0 Å². The standard InChI is InChI=1S/C16H20F3NO3/c17-16(18,19)13-6-2-1-5-12(13)14(22)20-11-15(23-10-9-21)7-3-4-8-15/h1-2,5-6,21H,3-4,7-11H2,(H,20,22). The molecule has 0 aromatic heterocycles. The minimum absolute atomic E-state index is 0.132. The number of alkyl halides is 3. The molecule has 0 atom stereocenters. The van der Waals surface area contributed by atoms with Gasteiger partial charge in [0.2, 0.25) is 0 Å². The van der Waals surface area contributed by atoms with Crippen LogP contribution in [0.3, 0.4) is 0 Å². The second kappa shape index (κ2) is 7.31.